The number of ether oxygens (including phenoxy) is 3. The molecule has 4 atom stereocenters. The van der Waals surface area contributed by atoms with Crippen LogP contribution >= 0.6 is 0 Å². The smallest absolute Gasteiger partial charge is 0.323 e. The first-order chi connectivity index (χ1) is 20.4. The van der Waals surface area contributed by atoms with Crippen LogP contribution in [0.4, 0.5) is 11.4 Å². The number of Topliss-reactive ketones (excluding diaryl/α,β-unsaturated/α-hetero) is 1. The average Bonchev–Trinajstić information content (AvgIpc) is 3.21. The predicted octanol–water partition coefficient (Wildman–Crippen LogP) is 4.19. The molecule has 2 aromatic rings. The fourth-order valence-corrected chi connectivity index (χ4v) is 6.79. The Labute approximate surface area is 251 Å². The summed E-state index contributed by atoms with van der Waals surface area (Å²) < 4.78 is 45.2. The zero-order valence-electron chi connectivity index (χ0n) is 24.7. The Morgan fingerprint density at radius 3 is 2.56 bits per heavy atom. The Bertz CT molecular complexity index is 1550. The van der Waals surface area contributed by atoms with Gasteiger partial charge in [-0.05, 0) is 56.5 Å². The molecule has 230 valence electrons. The van der Waals surface area contributed by atoms with E-state index in [4.69, 9.17) is 14.2 Å². The summed E-state index contributed by atoms with van der Waals surface area (Å²) in [5.74, 6) is -5.84. The van der Waals surface area contributed by atoms with Crippen molar-refractivity contribution in [1.29, 1.82) is 0 Å². The number of hydrogen-bond donors (Lipinski definition) is 2. The van der Waals surface area contributed by atoms with Gasteiger partial charge in [0.05, 0.1) is 23.4 Å². The van der Waals surface area contributed by atoms with Gasteiger partial charge in [0.1, 0.15) is 22.7 Å². The summed E-state index contributed by atoms with van der Waals surface area (Å²) in [5.41, 5.74) is 1.96. The van der Waals surface area contributed by atoms with Crippen molar-refractivity contribution >= 4 is 44.6 Å². The van der Waals surface area contributed by atoms with E-state index in [1.54, 1.807) is 36.4 Å². The Morgan fingerprint density at radius 1 is 1.21 bits per heavy atom. The number of ketones is 1. The van der Waals surface area contributed by atoms with Gasteiger partial charge in [-0.2, -0.15) is 4.31 Å². The number of anilines is 2. The first kappa shape index (κ1) is 31.9. The molecule has 4 unspecified atom stereocenters. The fraction of sp³-hybridized carbons (Fsp3) is 0.387. The highest BCUT2D eigenvalue weighted by Crippen LogP contribution is 2.40. The van der Waals surface area contributed by atoms with Gasteiger partial charge >= 0.3 is 5.97 Å². The molecule has 2 aliphatic heterocycles. The fourth-order valence-electron chi connectivity index (χ4n) is 5.03. The van der Waals surface area contributed by atoms with Gasteiger partial charge in [0.15, 0.2) is 5.76 Å². The molecule has 2 aromatic carbocycles. The lowest BCUT2D eigenvalue weighted by Crippen LogP contribution is -2.58. The van der Waals surface area contributed by atoms with Gasteiger partial charge in [-0.25, -0.2) is 8.42 Å². The van der Waals surface area contributed by atoms with Gasteiger partial charge in [0.2, 0.25) is 21.7 Å². The molecule has 0 radical (unpaired) electrons. The standard InChI is InChI=1S/C31H37N3O8S/c1-7-19(4)41-24-14-13-21(18(2)3)17-23(24)33-30(36)27(26-28(35)20(5)42-31(26)37)29-32-22-11-8-9-12-25(22)43(38,39)34(29)15-10-16-40-6/h8-9,11-14,17,19,26-27,29,32H,2,5,7,10,15-16H2,1,3-4,6H3,(H,33,36). The monoisotopic (exact) mass is 611 g/mol. The van der Waals surface area contributed by atoms with E-state index in [9.17, 15) is 22.8 Å². The third kappa shape index (κ3) is 6.51. The quantitative estimate of drug-likeness (QED) is 0.156. The number of methoxy groups -OCH3 is 1. The summed E-state index contributed by atoms with van der Waals surface area (Å²) in [6.45, 7) is 13.3. The van der Waals surface area contributed by atoms with E-state index >= 15 is 0 Å². The number of sulfonamides is 1. The van der Waals surface area contributed by atoms with Crippen LogP contribution < -0.4 is 15.4 Å². The number of nitrogens with one attached hydrogen (secondary N) is 2. The number of hydrogen-bond acceptors (Lipinski definition) is 9. The number of carbonyl (C=O) groups excluding carboxylic acids is 3. The molecule has 1 fully saturated rings. The third-order valence-electron chi connectivity index (χ3n) is 7.48. The number of rotatable bonds is 12. The number of benzene rings is 2. The lowest BCUT2D eigenvalue weighted by atomic mass is 9.85. The SMILES string of the molecule is C=C1OC(=O)C(C(C(=O)Nc2cc(C(=C)C)ccc2OC(C)CC)C2Nc3ccccc3S(=O)(=O)N2CCCOC)C1=O. The largest absolute Gasteiger partial charge is 0.489 e. The van der Waals surface area contributed by atoms with Gasteiger partial charge in [-0.3, -0.25) is 14.4 Å². The lowest BCUT2D eigenvalue weighted by molar-refractivity contribution is -0.145. The van der Waals surface area contributed by atoms with Crippen LogP contribution in [0.5, 0.6) is 5.75 Å². The molecule has 1 saturated heterocycles. The maximum atomic E-state index is 14.3. The number of fused-ring (bicyclic) bond motifs is 1. The van der Waals surface area contributed by atoms with E-state index in [0.717, 1.165) is 15.4 Å². The number of esters is 1. The van der Waals surface area contributed by atoms with Crippen LogP contribution in [0.25, 0.3) is 5.57 Å². The first-order valence-corrected chi connectivity index (χ1v) is 15.4. The summed E-state index contributed by atoms with van der Waals surface area (Å²) in [4.78, 5) is 40.6. The number of para-hydroxylation sites is 1. The number of carbonyl (C=O) groups is 3. The number of cyclic esters (lactones) is 1. The molecule has 2 heterocycles. The number of allylic oxidation sites excluding steroid dienone is 2. The maximum absolute atomic E-state index is 14.3. The van der Waals surface area contributed by atoms with Crippen molar-refractivity contribution in [2.45, 2.75) is 50.8 Å². The highest BCUT2D eigenvalue weighted by molar-refractivity contribution is 7.89. The third-order valence-corrected chi connectivity index (χ3v) is 9.42. The molecule has 2 N–H and O–H groups in total. The van der Waals surface area contributed by atoms with E-state index in [0.29, 0.717) is 12.2 Å². The first-order valence-electron chi connectivity index (χ1n) is 14.0. The van der Waals surface area contributed by atoms with Gasteiger partial charge in [-0.15, -0.1) is 0 Å². The second kappa shape index (κ2) is 13.1. The Hall–Kier alpha value is -4.00. The topological polar surface area (TPSA) is 140 Å². The maximum Gasteiger partial charge on any atom is 0.323 e. The Kier molecular flexibility index (Phi) is 9.73. The molecule has 0 spiro atoms. The molecular formula is C31H37N3O8S. The van der Waals surface area contributed by atoms with Crippen LogP contribution in [0.2, 0.25) is 0 Å². The number of amides is 1. The summed E-state index contributed by atoms with van der Waals surface area (Å²) in [6.07, 6.45) is -0.543. The highest BCUT2D eigenvalue weighted by Gasteiger charge is 2.54. The normalized spacial score (nSPS) is 20.9. The van der Waals surface area contributed by atoms with Crippen LogP contribution in [0, 0.1) is 11.8 Å². The Balaban J connectivity index is 1.85. The molecular weight excluding hydrogens is 574 g/mol. The van der Waals surface area contributed by atoms with Crippen LogP contribution in [0.1, 0.15) is 39.2 Å². The molecule has 12 heteroatoms. The van der Waals surface area contributed by atoms with Crippen molar-refractivity contribution in [3.05, 3.63) is 66.9 Å². The minimum absolute atomic E-state index is 0.00552. The van der Waals surface area contributed by atoms with E-state index in [2.05, 4.69) is 23.8 Å². The zero-order chi connectivity index (χ0) is 31.5. The van der Waals surface area contributed by atoms with Crippen LogP contribution in [0.15, 0.2) is 66.3 Å². The molecule has 2 aliphatic rings. The van der Waals surface area contributed by atoms with E-state index in [-0.39, 0.29) is 41.9 Å². The molecule has 4 rings (SSSR count). The molecule has 0 aliphatic carbocycles. The average molecular weight is 612 g/mol. The van der Waals surface area contributed by atoms with E-state index in [1.165, 1.54) is 13.2 Å². The van der Waals surface area contributed by atoms with Crippen molar-refractivity contribution in [2.24, 2.45) is 11.8 Å². The summed E-state index contributed by atoms with van der Waals surface area (Å²) in [5, 5.41) is 5.95. The van der Waals surface area contributed by atoms with Crippen molar-refractivity contribution in [3.63, 3.8) is 0 Å². The van der Waals surface area contributed by atoms with Crippen molar-refractivity contribution in [2.75, 3.05) is 30.9 Å². The molecule has 11 nitrogen and oxygen atoms in total. The van der Waals surface area contributed by atoms with Crippen LogP contribution in [0.3, 0.4) is 0 Å². The minimum atomic E-state index is -4.17. The van der Waals surface area contributed by atoms with E-state index in [1.807, 2.05) is 20.8 Å². The molecule has 0 aromatic heterocycles. The highest BCUT2D eigenvalue weighted by atomic mass is 32.2. The molecule has 0 saturated carbocycles. The second-order valence-electron chi connectivity index (χ2n) is 10.6. The van der Waals surface area contributed by atoms with Gasteiger partial charge in [0.25, 0.3) is 0 Å². The summed E-state index contributed by atoms with van der Waals surface area (Å²) >= 11 is 0. The van der Waals surface area contributed by atoms with Crippen molar-refractivity contribution in [3.8, 4) is 5.75 Å². The summed E-state index contributed by atoms with van der Waals surface area (Å²) in [7, 11) is -2.69. The van der Waals surface area contributed by atoms with Crippen LogP contribution in [-0.4, -0.2) is 62.9 Å². The van der Waals surface area contributed by atoms with Crippen molar-refractivity contribution < 1.29 is 37.0 Å². The zero-order valence-corrected chi connectivity index (χ0v) is 25.5. The number of nitrogens with zero attached hydrogens (tertiary/aromatic N) is 1. The Morgan fingerprint density at radius 2 is 1.93 bits per heavy atom. The predicted molar refractivity (Wildman–Crippen MR) is 162 cm³/mol. The van der Waals surface area contributed by atoms with Crippen molar-refractivity contribution in [1.82, 2.24) is 4.31 Å². The van der Waals surface area contributed by atoms with Gasteiger partial charge in [-0.1, -0.05) is 43.9 Å². The van der Waals surface area contributed by atoms with Gasteiger partial charge < -0.3 is 24.8 Å². The molecule has 43 heavy (non-hydrogen) atoms. The lowest BCUT2D eigenvalue weighted by Gasteiger charge is -2.41. The van der Waals surface area contributed by atoms with Gasteiger partial charge in [0, 0.05) is 20.3 Å². The molecule has 1 amide bonds. The van der Waals surface area contributed by atoms with Crippen LogP contribution in [-0.2, 0) is 33.9 Å². The summed E-state index contributed by atoms with van der Waals surface area (Å²) in [6, 6.07) is 11.4. The second-order valence-corrected chi connectivity index (χ2v) is 12.4. The minimum Gasteiger partial charge on any atom is -0.489 e. The van der Waals surface area contributed by atoms with E-state index < -0.39 is 51.4 Å². The molecule has 0 bridgehead atoms.